The average Bonchev–Trinajstić information content (AvgIpc) is 2.46. The van der Waals surface area contributed by atoms with Crippen molar-refractivity contribution in [3.63, 3.8) is 0 Å². The van der Waals surface area contributed by atoms with Crippen LogP contribution in [0.1, 0.15) is 72.1 Å². The maximum absolute atomic E-state index is 3.45. The van der Waals surface area contributed by atoms with Gasteiger partial charge in [-0.15, -0.1) is 0 Å². The molecule has 0 aromatic carbocycles. The van der Waals surface area contributed by atoms with Gasteiger partial charge >= 0.3 is 0 Å². The minimum absolute atomic E-state index is 0.508. The molecule has 0 bridgehead atoms. The molecular formula is C18H36N2. The summed E-state index contributed by atoms with van der Waals surface area (Å²) in [5.74, 6) is 0.937. The van der Waals surface area contributed by atoms with Gasteiger partial charge in [-0.3, -0.25) is 0 Å². The zero-order chi connectivity index (χ0) is 14.8. The van der Waals surface area contributed by atoms with Crippen LogP contribution >= 0.6 is 0 Å². The second-order valence-corrected chi connectivity index (χ2v) is 8.33. The summed E-state index contributed by atoms with van der Waals surface area (Å²) >= 11 is 0. The summed E-state index contributed by atoms with van der Waals surface area (Å²) in [4.78, 5) is 2.74. The van der Waals surface area contributed by atoms with Crippen LogP contribution < -0.4 is 5.32 Å². The molecule has 2 aliphatic carbocycles. The Kier molecular flexibility index (Phi) is 5.53. The van der Waals surface area contributed by atoms with E-state index >= 15 is 0 Å². The molecule has 20 heavy (non-hydrogen) atoms. The molecule has 0 atom stereocenters. The highest BCUT2D eigenvalue weighted by atomic mass is 15.2. The molecule has 2 saturated carbocycles. The van der Waals surface area contributed by atoms with Crippen LogP contribution in [0.25, 0.3) is 0 Å². The molecule has 0 aromatic rings. The molecule has 1 N–H and O–H groups in total. The third kappa shape index (κ3) is 3.98. The second-order valence-electron chi connectivity index (χ2n) is 8.33. The summed E-state index contributed by atoms with van der Waals surface area (Å²) < 4.78 is 0. The fourth-order valence-corrected chi connectivity index (χ4v) is 4.42. The first-order valence-corrected chi connectivity index (χ1v) is 8.81. The van der Waals surface area contributed by atoms with Crippen LogP contribution in [0.2, 0.25) is 0 Å². The van der Waals surface area contributed by atoms with Crippen molar-refractivity contribution >= 4 is 0 Å². The van der Waals surface area contributed by atoms with Gasteiger partial charge in [0.15, 0.2) is 0 Å². The van der Waals surface area contributed by atoms with Gasteiger partial charge in [0.2, 0.25) is 0 Å². The minimum atomic E-state index is 0.508. The van der Waals surface area contributed by atoms with Gasteiger partial charge < -0.3 is 10.2 Å². The van der Waals surface area contributed by atoms with Gasteiger partial charge in [0.1, 0.15) is 0 Å². The van der Waals surface area contributed by atoms with E-state index in [-0.39, 0.29) is 0 Å². The Hall–Kier alpha value is -0.0800. The Morgan fingerprint density at radius 3 is 1.65 bits per heavy atom. The maximum Gasteiger partial charge on any atom is 0.00963 e. The first-order valence-electron chi connectivity index (χ1n) is 8.81. The molecule has 0 heterocycles. The molecule has 118 valence electrons. The minimum Gasteiger partial charge on any atom is -0.317 e. The van der Waals surface area contributed by atoms with E-state index in [4.69, 9.17) is 0 Å². The smallest absolute Gasteiger partial charge is 0.00963 e. The highest BCUT2D eigenvalue weighted by Crippen LogP contribution is 2.39. The molecule has 0 aliphatic heterocycles. The van der Waals surface area contributed by atoms with Crippen molar-refractivity contribution in [2.75, 3.05) is 14.1 Å². The molecule has 2 fully saturated rings. The second kappa shape index (κ2) is 6.79. The Bertz CT molecular complexity index is 278. The van der Waals surface area contributed by atoms with E-state index in [0.29, 0.717) is 5.41 Å². The number of nitrogens with zero attached hydrogens (tertiary/aromatic N) is 1. The fourth-order valence-electron chi connectivity index (χ4n) is 4.42. The lowest BCUT2D eigenvalue weighted by Crippen LogP contribution is -2.46. The number of hydrogen-bond acceptors (Lipinski definition) is 2. The molecule has 2 heteroatoms. The van der Waals surface area contributed by atoms with Crippen LogP contribution in [-0.4, -0.2) is 37.1 Å². The van der Waals surface area contributed by atoms with Crippen LogP contribution in [0.4, 0.5) is 0 Å². The Morgan fingerprint density at radius 1 is 0.800 bits per heavy atom. The molecule has 0 saturated heterocycles. The van der Waals surface area contributed by atoms with E-state index < -0.39 is 0 Å². The molecule has 0 spiro atoms. The summed E-state index contributed by atoms with van der Waals surface area (Å²) in [6.45, 7) is 7.25. The summed E-state index contributed by atoms with van der Waals surface area (Å²) in [7, 11) is 4.51. The van der Waals surface area contributed by atoms with Crippen molar-refractivity contribution in [3.05, 3.63) is 0 Å². The van der Waals surface area contributed by atoms with Crippen molar-refractivity contribution < 1.29 is 0 Å². The quantitative estimate of drug-likeness (QED) is 0.839. The lowest BCUT2D eigenvalue weighted by Gasteiger charge is -2.44. The van der Waals surface area contributed by atoms with Gasteiger partial charge in [-0.05, 0) is 76.8 Å². The zero-order valence-electron chi connectivity index (χ0n) is 14.4. The third-order valence-corrected chi connectivity index (χ3v) is 6.18. The molecule has 0 radical (unpaired) electrons. The van der Waals surface area contributed by atoms with Crippen LogP contribution in [0, 0.1) is 11.3 Å². The monoisotopic (exact) mass is 280 g/mol. The lowest BCUT2D eigenvalue weighted by atomic mass is 9.71. The number of hydrogen-bond donors (Lipinski definition) is 1. The number of rotatable bonds is 3. The van der Waals surface area contributed by atoms with Gasteiger partial charge in [-0.1, -0.05) is 20.8 Å². The highest BCUT2D eigenvalue weighted by Gasteiger charge is 2.33. The number of nitrogens with one attached hydrogen (secondary N) is 1. The van der Waals surface area contributed by atoms with Gasteiger partial charge in [-0.25, -0.2) is 0 Å². The molecule has 0 aromatic heterocycles. The van der Waals surface area contributed by atoms with Crippen molar-refractivity contribution in [2.24, 2.45) is 11.3 Å². The lowest BCUT2D eigenvalue weighted by molar-refractivity contribution is 0.0688. The molecule has 2 rings (SSSR count). The zero-order valence-corrected chi connectivity index (χ0v) is 14.4. The van der Waals surface area contributed by atoms with Crippen molar-refractivity contribution in [1.29, 1.82) is 0 Å². The van der Waals surface area contributed by atoms with E-state index in [1.165, 1.54) is 51.4 Å². The van der Waals surface area contributed by atoms with Gasteiger partial charge in [-0.2, -0.15) is 0 Å². The summed E-state index contributed by atoms with van der Waals surface area (Å²) in [6.07, 6.45) is 11.2. The third-order valence-electron chi connectivity index (χ3n) is 6.18. The van der Waals surface area contributed by atoms with Gasteiger partial charge in [0, 0.05) is 18.1 Å². The van der Waals surface area contributed by atoms with E-state index in [9.17, 15) is 0 Å². The van der Waals surface area contributed by atoms with Crippen molar-refractivity contribution in [2.45, 2.75) is 90.3 Å². The molecule has 0 amide bonds. The van der Waals surface area contributed by atoms with E-state index in [1.54, 1.807) is 0 Å². The van der Waals surface area contributed by atoms with Crippen molar-refractivity contribution in [3.8, 4) is 0 Å². The van der Waals surface area contributed by atoms with Crippen molar-refractivity contribution in [1.82, 2.24) is 10.2 Å². The molecule has 2 nitrogen and oxygen atoms in total. The maximum atomic E-state index is 3.45. The summed E-state index contributed by atoms with van der Waals surface area (Å²) in [6, 6.07) is 2.47. The van der Waals surface area contributed by atoms with Crippen LogP contribution in [0.3, 0.4) is 0 Å². The predicted octanol–water partition coefficient (Wildman–Crippen LogP) is 4.05. The van der Waals surface area contributed by atoms with Crippen LogP contribution in [-0.2, 0) is 0 Å². The molecular weight excluding hydrogens is 244 g/mol. The van der Waals surface area contributed by atoms with Gasteiger partial charge in [0.05, 0.1) is 0 Å². The topological polar surface area (TPSA) is 15.3 Å². The predicted molar refractivity (Wildman–Crippen MR) is 88.1 cm³/mol. The standard InChI is InChI=1S/C18H36N2/c1-18(2,3)14-6-10-16(11-7-14)20(5)17-12-8-15(19-4)9-13-17/h14-17,19H,6-13H2,1-5H3. The van der Waals surface area contributed by atoms with E-state index in [0.717, 1.165) is 24.0 Å². The first kappa shape index (κ1) is 16.3. The average molecular weight is 280 g/mol. The van der Waals surface area contributed by atoms with Gasteiger partial charge in [0.25, 0.3) is 0 Å². The SMILES string of the molecule is CNC1CCC(N(C)C2CCC(C(C)(C)C)CC2)CC1. The Balaban J connectivity index is 1.79. The Morgan fingerprint density at radius 2 is 1.25 bits per heavy atom. The Labute approximate surface area is 126 Å². The highest BCUT2D eigenvalue weighted by molar-refractivity contribution is 4.88. The van der Waals surface area contributed by atoms with E-state index in [2.05, 4.69) is 45.1 Å². The van der Waals surface area contributed by atoms with Crippen LogP contribution in [0.15, 0.2) is 0 Å². The summed E-state index contributed by atoms with van der Waals surface area (Å²) in [5.41, 5.74) is 0.508. The molecule has 0 unspecified atom stereocenters. The largest absolute Gasteiger partial charge is 0.317 e. The molecule has 2 aliphatic rings. The summed E-state index contributed by atoms with van der Waals surface area (Å²) in [5, 5.41) is 3.45. The normalized spacial score (nSPS) is 36.3. The van der Waals surface area contributed by atoms with Crippen LogP contribution in [0.5, 0.6) is 0 Å². The fraction of sp³-hybridized carbons (Fsp3) is 1.00. The first-order chi connectivity index (χ1) is 9.41. The van der Waals surface area contributed by atoms with E-state index in [1.807, 2.05) is 0 Å².